The van der Waals surface area contributed by atoms with E-state index in [9.17, 15) is 0 Å². The van der Waals surface area contributed by atoms with Crippen LogP contribution in [0.2, 0.25) is 5.02 Å². The van der Waals surface area contributed by atoms with E-state index in [0.29, 0.717) is 17.5 Å². The number of benzene rings is 1. The number of hydrogen-bond acceptors (Lipinski definition) is 1. The molecule has 0 aliphatic carbocycles. The Balaban J connectivity index is 2.72. The normalized spacial score (nSPS) is 12.6. The van der Waals surface area contributed by atoms with Gasteiger partial charge in [0.15, 0.2) is 5.96 Å². The van der Waals surface area contributed by atoms with Gasteiger partial charge in [0.2, 0.25) is 5.96 Å². The number of aliphatic imine (C=N–C) groups is 2. The second kappa shape index (κ2) is 6.10. The summed E-state index contributed by atoms with van der Waals surface area (Å²) in [5.74, 6) is 0.446. The molecule has 0 radical (unpaired) electrons. The number of hydrogen-bond donors (Lipinski definition) is 2. The Morgan fingerprint density at radius 3 is 2.53 bits per heavy atom. The number of halogens is 1. The third-order valence-electron chi connectivity index (χ3n) is 2.06. The largest absolute Gasteiger partial charge is 0.369 e. The van der Waals surface area contributed by atoms with Gasteiger partial charge >= 0.3 is 0 Å². The van der Waals surface area contributed by atoms with Crippen molar-refractivity contribution in [3.63, 3.8) is 0 Å². The van der Waals surface area contributed by atoms with E-state index in [1.807, 2.05) is 18.2 Å². The Morgan fingerprint density at radius 1 is 1.29 bits per heavy atom. The topological polar surface area (TPSA) is 80.0 Å². The van der Waals surface area contributed by atoms with Gasteiger partial charge in [0.05, 0.1) is 6.54 Å². The Kier molecular flexibility index (Phi) is 4.78. The van der Waals surface area contributed by atoms with Crippen LogP contribution in [0.25, 0.3) is 0 Å². The van der Waals surface area contributed by atoms with Crippen molar-refractivity contribution in [2.75, 3.05) is 14.1 Å². The zero-order valence-corrected chi connectivity index (χ0v) is 10.6. The van der Waals surface area contributed by atoms with E-state index in [0.717, 1.165) is 5.56 Å². The fourth-order valence-corrected chi connectivity index (χ4v) is 1.24. The molecule has 0 spiro atoms. The standard InChI is InChI=1S/C11H16ClN5/c1-17(2)11(14)16-10(13)15-7-8-5-3-4-6-9(8)12/h3-6H,7H2,1-2H3,(H4,13,14,15,16). The fourth-order valence-electron chi connectivity index (χ4n) is 1.05. The molecular formula is C11H16ClN5. The van der Waals surface area contributed by atoms with Crippen LogP contribution in [0.5, 0.6) is 0 Å². The van der Waals surface area contributed by atoms with Crippen molar-refractivity contribution in [1.29, 1.82) is 0 Å². The molecule has 0 amide bonds. The lowest BCUT2D eigenvalue weighted by Gasteiger charge is -2.09. The van der Waals surface area contributed by atoms with Crippen LogP contribution in [0.1, 0.15) is 5.56 Å². The molecule has 0 atom stereocenters. The highest BCUT2D eigenvalue weighted by Crippen LogP contribution is 2.15. The molecule has 4 N–H and O–H groups in total. The Morgan fingerprint density at radius 2 is 1.94 bits per heavy atom. The van der Waals surface area contributed by atoms with Gasteiger partial charge in [-0.1, -0.05) is 29.8 Å². The molecule has 92 valence electrons. The SMILES string of the molecule is CN(C)/C(N)=N/C(N)=NCc1ccccc1Cl. The van der Waals surface area contributed by atoms with Gasteiger partial charge in [-0.3, -0.25) is 0 Å². The maximum Gasteiger partial charge on any atom is 0.218 e. The van der Waals surface area contributed by atoms with Crippen LogP contribution < -0.4 is 11.5 Å². The van der Waals surface area contributed by atoms with Gasteiger partial charge in [0, 0.05) is 19.1 Å². The lowest BCUT2D eigenvalue weighted by atomic mass is 10.2. The predicted octanol–water partition coefficient (Wildman–Crippen LogP) is 1.03. The molecular weight excluding hydrogens is 238 g/mol. The Labute approximate surface area is 106 Å². The third kappa shape index (κ3) is 4.32. The molecule has 0 aliphatic heterocycles. The first kappa shape index (κ1) is 13.3. The quantitative estimate of drug-likeness (QED) is 0.610. The number of nitrogens with zero attached hydrogens (tertiary/aromatic N) is 3. The minimum atomic E-state index is 0.135. The number of guanidine groups is 2. The van der Waals surface area contributed by atoms with Gasteiger partial charge in [0.25, 0.3) is 0 Å². The van der Waals surface area contributed by atoms with E-state index in [2.05, 4.69) is 9.98 Å². The van der Waals surface area contributed by atoms with Gasteiger partial charge in [-0.05, 0) is 11.6 Å². The molecule has 0 aromatic heterocycles. The van der Waals surface area contributed by atoms with Gasteiger partial charge in [-0.15, -0.1) is 0 Å². The molecule has 0 heterocycles. The number of rotatable bonds is 2. The van der Waals surface area contributed by atoms with Crippen LogP contribution in [-0.4, -0.2) is 30.9 Å². The van der Waals surface area contributed by atoms with Crippen molar-refractivity contribution in [1.82, 2.24) is 4.90 Å². The molecule has 0 bridgehead atoms. The first-order chi connectivity index (χ1) is 8.00. The van der Waals surface area contributed by atoms with Crippen LogP contribution in [0.4, 0.5) is 0 Å². The second-order valence-electron chi connectivity index (χ2n) is 3.63. The highest BCUT2D eigenvalue weighted by atomic mass is 35.5. The van der Waals surface area contributed by atoms with E-state index in [-0.39, 0.29) is 5.96 Å². The molecule has 1 rings (SSSR count). The second-order valence-corrected chi connectivity index (χ2v) is 4.04. The summed E-state index contributed by atoms with van der Waals surface area (Å²) >= 11 is 5.99. The van der Waals surface area contributed by atoms with E-state index < -0.39 is 0 Å². The van der Waals surface area contributed by atoms with Crippen molar-refractivity contribution < 1.29 is 0 Å². The summed E-state index contributed by atoms with van der Waals surface area (Å²) in [4.78, 5) is 9.67. The van der Waals surface area contributed by atoms with Crippen molar-refractivity contribution in [3.8, 4) is 0 Å². The van der Waals surface area contributed by atoms with Crippen molar-refractivity contribution in [2.45, 2.75) is 6.54 Å². The first-order valence-corrected chi connectivity index (χ1v) is 5.43. The third-order valence-corrected chi connectivity index (χ3v) is 2.43. The maximum atomic E-state index is 5.99. The molecule has 0 unspecified atom stereocenters. The molecule has 6 heteroatoms. The maximum absolute atomic E-state index is 5.99. The molecule has 5 nitrogen and oxygen atoms in total. The summed E-state index contributed by atoms with van der Waals surface area (Å²) in [6.45, 7) is 0.385. The molecule has 17 heavy (non-hydrogen) atoms. The Hall–Kier alpha value is -1.75. The highest BCUT2D eigenvalue weighted by Gasteiger charge is 1.99. The summed E-state index contributed by atoms with van der Waals surface area (Å²) in [6, 6.07) is 7.45. The lowest BCUT2D eigenvalue weighted by molar-refractivity contribution is 0.615. The molecule has 0 saturated carbocycles. The molecule has 1 aromatic rings. The molecule has 1 aromatic carbocycles. The smallest absolute Gasteiger partial charge is 0.218 e. The van der Waals surface area contributed by atoms with E-state index in [1.165, 1.54) is 0 Å². The average Bonchev–Trinajstić information content (AvgIpc) is 2.27. The van der Waals surface area contributed by atoms with Crippen LogP contribution in [0.3, 0.4) is 0 Å². The highest BCUT2D eigenvalue weighted by molar-refractivity contribution is 6.31. The zero-order valence-electron chi connectivity index (χ0n) is 9.89. The summed E-state index contributed by atoms with van der Waals surface area (Å²) < 4.78 is 0. The average molecular weight is 254 g/mol. The van der Waals surface area contributed by atoms with Gasteiger partial charge in [0.1, 0.15) is 0 Å². The van der Waals surface area contributed by atoms with E-state index in [1.54, 1.807) is 25.1 Å². The van der Waals surface area contributed by atoms with Crippen molar-refractivity contribution in [2.24, 2.45) is 21.5 Å². The first-order valence-electron chi connectivity index (χ1n) is 5.05. The summed E-state index contributed by atoms with van der Waals surface area (Å²) in [6.07, 6.45) is 0. The monoisotopic (exact) mass is 253 g/mol. The molecule has 0 saturated heterocycles. The van der Waals surface area contributed by atoms with Gasteiger partial charge in [-0.2, -0.15) is 4.99 Å². The molecule has 0 fully saturated rings. The zero-order chi connectivity index (χ0) is 12.8. The fraction of sp³-hybridized carbons (Fsp3) is 0.273. The minimum Gasteiger partial charge on any atom is -0.369 e. The minimum absolute atomic E-state index is 0.135. The predicted molar refractivity (Wildman–Crippen MR) is 72.1 cm³/mol. The Bertz CT molecular complexity index is 439. The summed E-state index contributed by atoms with van der Waals surface area (Å²) in [5, 5.41) is 0.661. The number of nitrogens with two attached hydrogens (primary N) is 2. The van der Waals surface area contributed by atoms with Crippen LogP contribution >= 0.6 is 11.6 Å². The lowest BCUT2D eigenvalue weighted by Crippen LogP contribution is -2.32. The summed E-state index contributed by atoms with van der Waals surface area (Å²) in [5.41, 5.74) is 12.1. The van der Waals surface area contributed by atoms with Crippen LogP contribution in [0, 0.1) is 0 Å². The van der Waals surface area contributed by atoms with Crippen molar-refractivity contribution >= 4 is 23.5 Å². The van der Waals surface area contributed by atoms with Crippen LogP contribution in [0.15, 0.2) is 34.3 Å². The van der Waals surface area contributed by atoms with Crippen molar-refractivity contribution in [3.05, 3.63) is 34.9 Å². The molecule has 0 aliphatic rings. The van der Waals surface area contributed by atoms with Gasteiger partial charge < -0.3 is 16.4 Å². The van der Waals surface area contributed by atoms with Crippen LogP contribution in [-0.2, 0) is 6.54 Å². The van der Waals surface area contributed by atoms with E-state index in [4.69, 9.17) is 23.1 Å². The summed E-state index contributed by atoms with van der Waals surface area (Å²) in [7, 11) is 3.56. The van der Waals surface area contributed by atoms with Gasteiger partial charge in [-0.25, -0.2) is 4.99 Å². The van der Waals surface area contributed by atoms with E-state index >= 15 is 0 Å².